The molecular formula is C15H22N2O. The van der Waals surface area contributed by atoms with Crippen LogP contribution in [0.2, 0.25) is 0 Å². The lowest BCUT2D eigenvalue weighted by Gasteiger charge is -2.28. The van der Waals surface area contributed by atoms with Crippen LogP contribution >= 0.6 is 0 Å². The van der Waals surface area contributed by atoms with E-state index in [-0.39, 0.29) is 11.8 Å². The van der Waals surface area contributed by atoms with Crippen LogP contribution in [0.5, 0.6) is 0 Å². The number of nitrogens with one attached hydrogen (secondary N) is 1. The molecule has 2 rings (SSSR count). The number of aryl methyl sites for hydroxylation is 2. The minimum Gasteiger partial charge on any atom is -0.326 e. The third-order valence-corrected chi connectivity index (χ3v) is 3.77. The molecule has 1 aromatic rings. The number of amides is 1. The van der Waals surface area contributed by atoms with E-state index in [9.17, 15) is 4.79 Å². The van der Waals surface area contributed by atoms with Crippen molar-refractivity contribution in [3.63, 3.8) is 0 Å². The van der Waals surface area contributed by atoms with Crippen molar-refractivity contribution in [2.45, 2.75) is 26.7 Å². The Labute approximate surface area is 109 Å². The van der Waals surface area contributed by atoms with Gasteiger partial charge in [-0.2, -0.15) is 0 Å². The minimum atomic E-state index is 0.130. The van der Waals surface area contributed by atoms with Crippen LogP contribution in [0.4, 0.5) is 5.69 Å². The molecule has 0 radical (unpaired) electrons. The maximum atomic E-state index is 12.2. The summed E-state index contributed by atoms with van der Waals surface area (Å²) in [7, 11) is 2.08. The van der Waals surface area contributed by atoms with Gasteiger partial charge in [-0.1, -0.05) is 6.07 Å². The van der Waals surface area contributed by atoms with Gasteiger partial charge in [-0.25, -0.2) is 0 Å². The summed E-state index contributed by atoms with van der Waals surface area (Å²) in [6.07, 6.45) is 2.11. The zero-order valence-electron chi connectivity index (χ0n) is 11.5. The molecule has 1 aliphatic rings. The second-order valence-corrected chi connectivity index (χ2v) is 5.39. The number of rotatable bonds is 2. The van der Waals surface area contributed by atoms with E-state index in [0.29, 0.717) is 0 Å². The van der Waals surface area contributed by atoms with Crippen LogP contribution in [0.25, 0.3) is 0 Å². The molecule has 1 N–H and O–H groups in total. The highest BCUT2D eigenvalue weighted by atomic mass is 16.1. The first-order valence-corrected chi connectivity index (χ1v) is 6.63. The molecule has 0 unspecified atom stereocenters. The van der Waals surface area contributed by atoms with Gasteiger partial charge in [0.1, 0.15) is 0 Å². The first-order chi connectivity index (χ1) is 8.56. The molecule has 1 aliphatic heterocycles. The molecule has 1 saturated heterocycles. The normalized spacial score (nSPS) is 20.7. The van der Waals surface area contributed by atoms with Crippen molar-refractivity contribution in [1.82, 2.24) is 4.90 Å². The van der Waals surface area contributed by atoms with Crippen LogP contribution in [-0.4, -0.2) is 30.9 Å². The number of carbonyl (C=O) groups excluding carboxylic acids is 1. The molecule has 0 aromatic heterocycles. The Morgan fingerprint density at radius 2 is 2.11 bits per heavy atom. The smallest absolute Gasteiger partial charge is 0.228 e. The van der Waals surface area contributed by atoms with Crippen molar-refractivity contribution >= 4 is 11.6 Å². The van der Waals surface area contributed by atoms with Crippen molar-refractivity contribution in [2.75, 3.05) is 25.5 Å². The van der Waals surface area contributed by atoms with E-state index in [1.165, 1.54) is 11.1 Å². The zero-order valence-corrected chi connectivity index (χ0v) is 11.5. The van der Waals surface area contributed by atoms with Crippen molar-refractivity contribution in [1.29, 1.82) is 0 Å². The molecule has 0 saturated carbocycles. The maximum Gasteiger partial charge on any atom is 0.228 e. The summed E-state index contributed by atoms with van der Waals surface area (Å²) in [6.45, 7) is 6.13. The van der Waals surface area contributed by atoms with Gasteiger partial charge in [0, 0.05) is 12.2 Å². The highest BCUT2D eigenvalue weighted by Crippen LogP contribution is 2.19. The summed E-state index contributed by atoms with van der Waals surface area (Å²) < 4.78 is 0. The lowest BCUT2D eigenvalue weighted by molar-refractivity contribution is -0.121. The monoisotopic (exact) mass is 246 g/mol. The van der Waals surface area contributed by atoms with Gasteiger partial charge in [-0.15, -0.1) is 0 Å². The molecule has 98 valence electrons. The lowest BCUT2D eigenvalue weighted by Crippen LogP contribution is -2.38. The fourth-order valence-electron chi connectivity index (χ4n) is 2.44. The van der Waals surface area contributed by atoms with E-state index in [0.717, 1.165) is 31.6 Å². The summed E-state index contributed by atoms with van der Waals surface area (Å²) in [4.78, 5) is 14.4. The van der Waals surface area contributed by atoms with Crippen LogP contribution in [0.1, 0.15) is 24.0 Å². The first kappa shape index (κ1) is 13.1. The van der Waals surface area contributed by atoms with E-state index < -0.39 is 0 Å². The Bertz CT molecular complexity index is 442. The predicted molar refractivity (Wildman–Crippen MR) is 74.8 cm³/mol. The quantitative estimate of drug-likeness (QED) is 0.870. The predicted octanol–water partition coefficient (Wildman–Crippen LogP) is 2.58. The van der Waals surface area contributed by atoms with Gasteiger partial charge in [-0.3, -0.25) is 4.79 Å². The maximum absolute atomic E-state index is 12.2. The van der Waals surface area contributed by atoms with Crippen molar-refractivity contribution in [2.24, 2.45) is 5.92 Å². The number of anilines is 1. The fraction of sp³-hybridized carbons (Fsp3) is 0.533. The number of hydrogen-bond donors (Lipinski definition) is 1. The summed E-state index contributed by atoms with van der Waals surface area (Å²) in [5.41, 5.74) is 3.38. The molecule has 3 heteroatoms. The van der Waals surface area contributed by atoms with E-state index in [1.54, 1.807) is 0 Å². The molecule has 1 heterocycles. The Balaban J connectivity index is 2.00. The minimum absolute atomic E-state index is 0.130. The second kappa shape index (κ2) is 5.53. The molecule has 0 spiro atoms. The third kappa shape index (κ3) is 3.10. The molecule has 0 aliphatic carbocycles. The van der Waals surface area contributed by atoms with Crippen molar-refractivity contribution in [3.8, 4) is 0 Å². The zero-order chi connectivity index (χ0) is 13.1. The Morgan fingerprint density at radius 1 is 1.33 bits per heavy atom. The molecule has 1 fully saturated rings. The number of benzene rings is 1. The summed E-state index contributed by atoms with van der Waals surface area (Å²) in [6, 6.07) is 6.07. The van der Waals surface area contributed by atoms with Gasteiger partial charge in [-0.05, 0) is 63.5 Å². The van der Waals surface area contributed by atoms with Crippen LogP contribution in [0, 0.1) is 19.8 Å². The Kier molecular flexibility index (Phi) is 4.02. The average Bonchev–Trinajstić information content (AvgIpc) is 2.34. The van der Waals surface area contributed by atoms with Crippen LogP contribution < -0.4 is 5.32 Å². The number of carbonyl (C=O) groups is 1. The van der Waals surface area contributed by atoms with Crippen molar-refractivity contribution < 1.29 is 4.79 Å². The van der Waals surface area contributed by atoms with E-state index >= 15 is 0 Å². The molecule has 1 atom stereocenters. The number of likely N-dealkylation sites (tertiary alicyclic amines) is 1. The van der Waals surface area contributed by atoms with Gasteiger partial charge < -0.3 is 10.2 Å². The third-order valence-electron chi connectivity index (χ3n) is 3.77. The average molecular weight is 246 g/mol. The fourth-order valence-corrected chi connectivity index (χ4v) is 2.44. The number of nitrogens with zero attached hydrogens (tertiary/aromatic N) is 1. The topological polar surface area (TPSA) is 32.3 Å². The standard InChI is InChI=1S/C15H22N2O/c1-11-6-7-14(9-12(11)2)16-15(18)13-5-4-8-17(3)10-13/h6-7,9,13H,4-5,8,10H2,1-3H3,(H,16,18)/t13-/m1/s1. The van der Waals surface area contributed by atoms with Gasteiger partial charge >= 0.3 is 0 Å². The highest BCUT2D eigenvalue weighted by Gasteiger charge is 2.23. The molecule has 1 aromatic carbocycles. The van der Waals surface area contributed by atoms with Crippen LogP contribution in [0.15, 0.2) is 18.2 Å². The first-order valence-electron chi connectivity index (χ1n) is 6.63. The second-order valence-electron chi connectivity index (χ2n) is 5.39. The van der Waals surface area contributed by atoms with E-state index in [4.69, 9.17) is 0 Å². The van der Waals surface area contributed by atoms with Crippen molar-refractivity contribution in [3.05, 3.63) is 29.3 Å². The Hall–Kier alpha value is -1.35. The Morgan fingerprint density at radius 3 is 2.78 bits per heavy atom. The molecular weight excluding hydrogens is 224 g/mol. The molecule has 18 heavy (non-hydrogen) atoms. The molecule has 1 amide bonds. The lowest BCUT2D eigenvalue weighted by atomic mass is 9.97. The summed E-state index contributed by atoms with van der Waals surface area (Å²) >= 11 is 0. The summed E-state index contributed by atoms with van der Waals surface area (Å²) in [5, 5.41) is 3.03. The SMILES string of the molecule is Cc1ccc(NC(=O)[C@@H]2CCCN(C)C2)cc1C. The summed E-state index contributed by atoms with van der Waals surface area (Å²) in [5.74, 6) is 0.287. The van der Waals surface area contributed by atoms with Gasteiger partial charge in [0.25, 0.3) is 0 Å². The number of piperidine rings is 1. The van der Waals surface area contributed by atoms with Gasteiger partial charge in [0.05, 0.1) is 5.92 Å². The van der Waals surface area contributed by atoms with Crippen LogP contribution in [-0.2, 0) is 4.79 Å². The highest BCUT2D eigenvalue weighted by molar-refractivity contribution is 5.92. The van der Waals surface area contributed by atoms with Crippen LogP contribution in [0.3, 0.4) is 0 Å². The van der Waals surface area contributed by atoms with Gasteiger partial charge in [0.15, 0.2) is 0 Å². The molecule has 3 nitrogen and oxygen atoms in total. The molecule has 0 bridgehead atoms. The largest absolute Gasteiger partial charge is 0.326 e. The number of hydrogen-bond acceptors (Lipinski definition) is 2. The van der Waals surface area contributed by atoms with Gasteiger partial charge in [0.2, 0.25) is 5.91 Å². The van der Waals surface area contributed by atoms with E-state index in [2.05, 4.69) is 37.2 Å². The van der Waals surface area contributed by atoms with E-state index in [1.807, 2.05) is 12.1 Å².